The molecule has 0 aliphatic rings. The molecule has 1 heterocycles. The molecule has 1 aromatic rings. The van der Waals surface area contributed by atoms with Crippen molar-refractivity contribution in [1.82, 2.24) is 15.2 Å². The van der Waals surface area contributed by atoms with Crippen molar-refractivity contribution in [1.29, 1.82) is 0 Å². The van der Waals surface area contributed by atoms with Gasteiger partial charge >= 0.3 is 0 Å². The topological polar surface area (TPSA) is 99.0 Å². The third-order valence-corrected chi connectivity index (χ3v) is 1.62. The summed E-state index contributed by atoms with van der Waals surface area (Å²) < 4.78 is 1.43. The number of aromatic nitrogens is 2. The molecule has 66 valence electrons. The fourth-order valence-electron chi connectivity index (χ4n) is 1.03. The Balaban J connectivity index is 3.22. The maximum Gasteiger partial charge on any atom is 0.270 e. The smallest absolute Gasteiger partial charge is 0.270 e. The van der Waals surface area contributed by atoms with Crippen molar-refractivity contribution in [2.24, 2.45) is 12.9 Å². The van der Waals surface area contributed by atoms with Gasteiger partial charge in [0.25, 0.3) is 5.91 Å². The number of carbonyl (C=O) groups excluding carboxylic acids is 1. The van der Waals surface area contributed by atoms with Gasteiger partial charge < -0.3 is 5.73 Å². The number of nitrogen functional groups attached to an aromatic ring is 2. The summed E-state index contributed by atoms with van der Waals surface area (Å²) in [6.07, 6.45) is 0. The van der Waals surface area contributed by atoms with Crippen LogP contribution in [0.1, 0.15) is 16.1 Å². The van der Waals surface area contributed by atoms with E-state index in [1.54, 1.807) is 14.0 Å². The number of nitrogens with one attached hydrogen (secondary N) is 1. The molecule has 1 amide bonds. The van der Waals surface area contributed by atoms with E-state index in [0.29, 0.717) is 17.1 Å². The van der Waals surface area contributed by atoms with E-state index in [4.69, 9.17) is 11.6 Å². The second-order valence-electron chi connectivity index (χ2n) is 2.44. The van der Waals surface area contributed by atoms with Gasteiger partial charge in [-0.2, -0.15) is 5.10 Å². The van der Waals surface area contributed by atoms with Crippen molar-refractivity contribution in [3.05, 3.63) is 11.3 Å². The van der Waals surface area contributed by atoms with Crippen LogP contribution < -0.4 is 17.0 Å². The highest BCUT2D eigenvalue weighted by molar-refractivity contribution is 5.99. The zero-order chi connectivity index (χ0) is 9.30. The minimum atomic E-state index is -0.418. The normalized spacial score (nSPS) is 9.92. The molecule has 0 fully saturated rings. The summed E-state index contributed by atoms with van der Waals surface area (Å²) in [5.74, 6) is 4.86. The molecule has 1 aromatic heterocycles. The average molecular weight is 169 g/mol. The van der Waals surface area contributed by atoms with Gasteiger partial charge in [0.05, 0.1) is 5.69 Å². The van der Waals surface area contributed by atoms with Gasteiger partial charge in [-0.25, -0.2) is 5.84 Å². The molecule has 0 bridgehead atoms. The highest BCUT2D eigenvalue weighted by atomic mass is 16.2. The largest absolute Gasteiger partial charge is 0.383 e. The van der Waals surface area contributed by atoms with Crippen LogP contribution in [0.2, 0.25) is 0 Å². The van der Waals surface area contributed by atoms with Crippen molar-refractivity contribution in [2.45, 2.75) is 6.92 Å². The van der Waals surface area contributed by atoms with E-state index >= 15 is 0 Å². The number of amides is 1. The summed E-state index contributed by atoms with van der Waals surface area (Å²) in [7, 11) is 1.66. The minimum absolute atomic E-state index is 0.315. The Kier molecular flexibility index (Phi) is 2.01. The fraction of sp³-hybridized carbons (Fsp3) is 0.333. The molecular formula is C6H11N5O. The first-order chi connectivity index (χ1) is 5.57. The molecule has 5 N–H and O–H groups in total. The minimum Gasteiger partial charge on any atom is -0.383 e. The molecule has 6 heteroatoms. The molecule has 0 radical (unpaired) electrons. The summed E-state index contributed by atoms with van der Waals surface area (Å²) in [6.45, 7) is 1.70. The average Bonchev–Trinajstić information content (AvgIpc) is 2.26. The number of nitrogens with two attached hydrogens (primary N) is 2. The molecule has 0 aliphatic carbocycles. The molecule has 0 aromatic carbocycles. The van der Waals surface area contributed by atoms with Gasteiger partial charge in [0, 0.05) is 7.05 Å². The lowest BCUT2D eigenvalue weighted by atomic mass is 10.2. The summed E-state index contributed by atoms with van der Waals surface area (Å²) in [5.41, 5.74) is 8.47. The predicted molar refractivity (Wildman–Crippen MR) is 44.0 cm³/mol. The third-order valence-electron chi connectivity index (χ3n) is 1.62. The highest BCUT2D eigenvalue weighted by Gasteiger charge is 2.16. The predicted octanol–water partition coefficient (Wildman–Crippen LogP) is -1.09. The molecule has 0 aliphatic heterocycles. The van der Waals surface area contributed by atoms with E-state index in [-0.39, 0.29) is 0 Å². The van der Waals surface area contributed by atoms with E-state index in [2.05, 4.69) is 5.10 Å². The van der Waals surface area contributed by atoms with Crippen molar-refractivity contribution in [2.75, 3.05) is 5.73 Å². The number of anilines is 1. The molecule has 0 saturated heterocycles. The maximum absolute atomic E-state index is 11.1. The van der Waals surface area contributed by atoms with Crippen LogP contribution in [0.3, 0.4) is 0 Å². The Labute approximate surface area is 69.5 Å². The molecule has 1 rings (SSSR count). The molecule has 0 saturated carbocycles. The standard InChI is InChI=1S/C6H11N5O/c1-3-4(6(12)9-8)5(7)11(2)10-3/h7-8H2,1-2H3,(H,9,12). The van der Waals surface area contributed by atoms with Crippen LogP contribution in [-0.4, -0.2) is 15.7 Å². The zero-order valence-electron chi connectivity index (χ0n) is 6.96. The lowest BCUT2D eigenvalue weighted by Crippen LogP contribution is -2.30. The van der Waals surface area contributed by atoms with Crippen molar-refractivity contribution in [3.8, 4) is 0 Å². The van der Waals surface area contributed by atoms with Crippen molar-refractivity contribution < 1.29 is 4.79 Å². The lowest BCUT2D eigenvalue weighted by Gasteiger charge is -1.98. The molecule has 0 spiro atoms. The van der Waals surface area contributed by atoms with E-state index in [1.807, 2.05) is 5.43 Å². The van der Waals surface area contributed by atoms with Gasteiger partial charge in [-0.3, -0.25) is 14.9 Å². The zero-order valence-corrected chi connectivity index (χ0v) is 6.96. The van der Waals surface area contributed by atoms with Crippen LogP contribution in [0.25, 0.3) is 0 Å². The van der Waals surface area contributed by atoms with E-state index in [9.17, 15) is 4.79 Å². The number of hydrazine groups is 1. The van der Waals surface area contributed by atoms with Crippen LogP contribution in [0.15, 0.2) is 0 Å². The Hall–Kier alpha value is -1.56. The van der Waals surface area contributed by atoms with Gasteiger partial charge in [0.15, 0.2) is 0 Å². The Bertz CT molecular complexity index is 316. The molecular weight excluding hydrogens is 158 g/mol. The summed E-state index contributed by atoms with van der Waals surface area (Å²) in [5, 5.41) is 3.95. The summed E-state index contributed by atoms with van der Waals surface area (Å²) in [4.78, 5) is 11.1. The first-order valence-electron chi connectivity index (χ1n) is 3.38. The Morgan fingerprint density at radius 2 is 2.25 bits per heavy atom. The van der Waals surface area contributed by atoms with Crippen molar-refractivity contribution in [3.63, 3.8) is 0 Å². The van der Waals surface area contributed by atoms with E-state index in [1.165, 1.54) is 4.68 Å². The molecule has 6 nitrogen and oxygen atoms in total. The lowest BCUT2D eigenvalue weighted by molar-refractivity contribution is 0.0954. The number of carbonyl (C=O) groups is 1. The second-order valence-corrected chi connectivity index (χ2v) is 2.44. The number of hydrogen-bond acceptors (Lipinski definition) is 4. The van der Waals surface area contributed by atoms with Crippen LogP contribution >= 0.6 is 0 Å². The van der Waals surface area contributed by atoms with Crippen LogP contribution in [0.4, 0.5) is 5.82 Å². The fourth-order valence-corrected chi connectivity index (χ4v) is 1.03. The Morgan fingerprint density at radius 1 is 1.67 bits per heavy atom. The first kappa shape index (κ1) is 8.54. The quantitative estimate of drug-likeness (QED) is 0.283. The first-order valence-corrected chi connectivity index (χ1v) is 3.38. The van der Waals surface area contributed by atoms with Gasteiger partial charge in [-0.1, -0.05) is 0 Å². The maximum atomic E-state index is 11.1. The van der Waals surface area contributed by atoms with Gasteiger partial charge in [-0.05, 0) is 6.92 Å². The van der Waals surface area contributed by atoms with E-state index < -0.39 is 5.91 Å². The molecule has 0 atom stereocenters. The van der Waals surface area contributed by atoms with E-state index in [0.717, 1.165) is 0 Å². The monoisotopic (exact) mass is 169 g/mol. The SMILES string of the molecule is Cc1nn(C)c(N)c1C(=O)NN. The number of hydrogen-bond donors (Lipinski definition) is 3. The molecule has 0 unspecified atom stereocenters. The summed E-state index contributed by atoms with van der Waals surface area (Å²) in [6, 6.07) is 0. The summed E-state index contributed by atoms with van der Waals surface area (Å²) >= 11 is 0. The second kappa shape index (κ2) is 2.82. The Morgan fingerprint density at radius 3 is 2.58 bits per heavy atom. The van der Waals surface area contributed by atoms with Crippen LogP contribution in [0.5, 0.6) is 0 Å². The molecule has 12 heavy (non-hydrogen) atoms. The van der Waals surface area contributed by atoms with Gasteiger partial charge in [0.2, 0.25) is 0 Å². The number of nitrogens with zero attached hydrogens (tertiary/aromatic N) is 2. The highest BCUT2D eigenvalue weighted by Crippen LogP contribution is 2.13. The number of rotatable bonds is 1. The third kappa shape index (κ3) is 1.12. The van der Waals surface area contributed by atoms with Gasteiger partial charge in [0.1, 0.15) is 11.4 Å². The van der Waals surface area contributed by atoms with Crippen LogP contribution in [-0.2, 0) is 7.05 Å². The number of aryl methyl sites for hydroxylation is 2. The van der Waals surface area contributed by atoms with Crippen molar-refractivity contribution >= 4 is 11.7 Å². The van der Waals surface area contributed by atoms with Gasteiger partial charge in [-0.15, -0.1) is 0 Å². The van der Waals surface area contributed by atoms with Crippen LogP contribution in [0, 0.1) is 6.92 Å².